The van der Waals surface area contributed by atoms with Gasteiger partial charge in [-0.05, 0) is 58.0 Å². The first kappa shape index (κ1) is 16.1. The number of rotatable bonds is 6. The molecule has 1 heterocycles. The fourth-order valence-corrected chi connectivity index (χ4v) is 2.46. The molecule has 22 heavy (non-hydrogen) atoms. The van der Waals surface area contributed by atoms with Crippen LogP contribution < -0.4 is 10.1 Å². The van der Waals surface area contributed by atoms with Crippen LogP contribution in [0.4, 0.5) is 5.69 Å². The maximum Gasteiger partial charge on any atom is 0.226 e. The molecule has 0 saturated carbocycles. The first-order chi connectivity index (χ1) is 10.5. The number of nitrogens with zero attached hydrogens (tertiary/aromatic N) is 2. The van der Waals surface area contributed by atoms with Crippen LogP contribution in [0.15, 0.2) is 30.3 Å². The van der Waals surface area contributed by atoms with E-state index >= 15 is 0 Å². The summed E-state index contributed by atoms with van der Waals surface area (Å²) in [6.45, 7) is 8.52. The van der Waals surface area contributed by atoms with Crippen molar-refractivity contribution in [3.63, 3.8) is 0 Å². The smallest absolute Gasteiger partial charge is 0.226 e. The van der Waals surface area contributed by atoms with Crippen LogP contribution in [0.2, 0.25) is 0 Å². The van der Waals surface area contributed by atoms with Crippen LogP contribution in [0.5, 0.6) is 5.75 Å². The van der Waals surface area contributed by atoms with Gasteiger partial charge in [-0.15, -0.1) is 0 Å². The lowest BCUT2D eigenvalue weighted by atomic mass is 10.2. The predicted molar refractivity (Wildman–Crippen MR) is 87.3 cm³/mol. The molecule has 0 aliphatic carbocycles. The maximum absolute atomic E-state index is 12.1. The average Bonchev–Trinajstić information content (AvgIpc) is 2.80. The van der Waals surface area contributed by atoms with E-state index in [9.17, 15) is 4.79 Å². The Morgan fingerprint density at radius 3 is 2.55 bits per heavy atom. The molecule has 2 rings (SSSR count). The monoisotopic (exact) mass is 301 g/mol. The number of anilines is 1. The molecule has 0 aliphatic heterocycles. The molecule has 1 aromatic carbocycles. The third-order valence-corrected chi connectivity index (χ3v) is 3.39. The lowest BCUT2D eigenvalue weighted by Gasteiger charge is -2.14. The number of amides is 1. The van der Waals surface area contributed by atoms with Crippen LogP contribution in [0, 0.1) is 13.8 Å². The lowest BCUT2D eigenvalue weighted by Crippen LogP contribution is -2.19. The fourth-order valence-electron chi connectivity index (χ4n) is 2.46. The summed E-state index contributed by atoms with van der Waals surface area (Å²) >= 11 is 0. The van der Waals surface area contributed by atoms with Gasteiger partial charge in [0, 0.05) is 17.8 Å². The minimum absolute atomic E-state index is 0.0239. The molecule has 118 valence electrons. The molecule has 1 amide bonds. The summed E-state index contributed by atoms with van der Waals surface area (Å²) in [7, 11) is 0. The zero-order valence-electron chi connectivity index (χ0n) is 13.6. The fraction of sp³-hybridized carbons (Fsp3) is 0.412. The topological polar surface area (TPSA) is 56.1 Å². The molecule has 0 radical (unpaired) electrons. The van der Waals surface area contributed by atoms with Crippen molar-refractivity contribution in [3.05, 3.63) is 41.7 Å². The largest absolute Gasteiger partial charge is 0.494 e. The molecule has 0 unspecified atom stereocenters. The Morgan fingerprint density at radius 2 is 2.00 bits per heavy atom. The highest BCUT2D eigenvalue weighted by Gasteiger charge is 2.14. The number of carbonyl (C=O) groups is 1. The van der Waals surface area contributed by atoms with Crippen molar-refractivity contribution in [3.8, 4) is 5.75 Å². The van der Waals surface area contributed by atoms with Crippen LogP contribution in [-0.4, -0.2) is 22.3 Å². The van der Waals surface area contributed by atoms with Gasteiger partial charge in [0.1, 0.15) is 5.75 Å². The first-order valence-corrected chi connectivity index (χ1v) is 7.55. The molecule has 0 fully saturated rings. The standard InChI is InChI=1S/C17H23N3O2/c1-5-22-16-8-6-15(7-9-16)18-17(21)11-14(4)20-13(3)10-12(2)19-20/h6-10,14H,5,11H2,1-4H3,(H,18,21)/t14-/m1/s1. The molecule has 0 bridgehead atoms. The molecular formula is C17H23N3O2. The van der Waals surface area contributed by atoms with Gasteiger partial charge in [-0.1, -0.05) is 0 Å². The molecule has 0 spiro atoms. The van der Waals surface area contributed by atoms with Crippen molar-refractivity contribution in [1.29, 1.82) is 0 Å². The normalized spacial score (nSPS) is 12.0. The SMILES string of the molecule is CCOc1ccc(NC(=O)C[C@@H](C)n2nc(C)cc2C)cc1. The molecule has 5 nitrogen and oxygen atoms in total. The zero-order chi connectivity index (χ0) is 16.1. The third-order valence-electron chi connectivity index (χ3n) is 3.39. The summed E-state index contributed by atoms with van der Waals surface area (Å²) < 4.78 is 7.28. The predicted octanol–water partition coefficient (Wildman–Crippen LogP) is 3.49. The van der Waals surface area contributed by atoms with Crippen LogP contribution >= 0.6 is 0 Å². The summed E-state index contributed by atoms with van der Waals surface area (Å²) in [6.07, 6.45) is 0.384. The van der Waals surface area contributed by atoms with E-state index in [-0.39, 0.29) is 11.9 Å². The van der Waals surface area contributed by atoms with Gasteiger partial charge in [0.15, 0.2) is 0 Å². The van der Waals surface area contributed by atoms with Crippen molar-refractivity contribution >= 4 is 11.6 Å². The highest BCUT2D eigenvalue weighted by molar-refractivity contribution is 5.90. The second-order valence-corrected chi connectivity index (χ2v) is 5.43. The van der Waals surface area contributed by atoms with Crippen LogP contribution in [0.3, 0.4) is 0 Å². The third kappa shape index (κ3) is 4.10. The van der Waals surface area contributed by atoms with Crippen LogP contribution in [0.1, 0.15) is 37.7 Å². The van der Waals surface area contributed by atoms with Gasteiger partial charge in [0.2, 0.25) is 5.91 Å². The molecule has 1 atom stereocenters. The quantitative estimate of drug-likeness (QED) is 0.888. The summed E-state index contributed by atoms with van der Waals surface area (Å²) in [5.41, 5.74) is 2.81. The Labute approximate surface area is 131 Å². The summed E-state index contributed by atoms with van der Waals surface area (Å²) in [5.74, 6) is 0.778. The molecule has 0 aliphatic rings. The number of carbonyl (C=O) groups excluding carboxylic acids is 1. The van der Waals surface area contributed by atoms with Crippen LogP contribution in [0.25, 0.3) is 0 Å². The van der Waals surface area contributed by atoms with Gasteiger partial charge in [-0.2, -0.15) is 5.10 Å². The van der Waals surface area contributed by atoms with E-state index in [0.29, 0.717) is 13.0 Å². The van der Waals surface area contributed by atoms with E-state index in [0.717, 1.165) is 22.8 Å². The average molecular weight is 301 g/mol. The van der Waals surface area contributed by atoms with Crippen molar-refractivity contribution in [2.75, 3.05) is 11.9 Å². The minimum Gasteiger partial charge on any atom is -0.494 e. The van der Waals surface area contributed by atoms with Crippen molar-refractivity contribution < 1.29 is 9.53 Å². The minimum atomic E-state index is -0.0239. The lowest BCUT2D eigenvalue weighted by molar-refractivity contribution is -0.116. The van der Waals surface area contributed by atoms with Gasteiger partial charge >= 0.3 is 0 Å². The van der Waals surface area contributed by atoms with E-state index in [1.165, 1.54) is 0 Å². The first-order valence-electron chi connectivity index (χ1n) is 7.55. The molecular weight excluding hydrogens is 278 g/mol. The Bertz CT molecular complexity index is 632. The highest BCUT2D eigenvalue weighted by atomic mass is 16.5. The number of hydrogen-bond acceptors (Lipinski definition) is 3. The summed E-state index contributed by atoms with van der Waals surface area (Å²) in [6, 6.07) is 9.43. The van der Waals surface area contributed by atoms with Gasteiger partial charge in [0.25, 0.3) is 0 Å². The number of benzene rings is 1. The number of aryl methyl sites for hydroxylation is 2. The number of hydrogen-bond donors (Lipinski definition) is 1. The number of ether oxygens (including phenoxy) is 1. The number of aromatic nitrogens is 2. The van der Waals surface area contributed by atoms with Crippen molar-refractivity contribution in [2.24, 2.45) is 0 Å². The Morgan fingerprint density at radius 1 is 1.32 bits per heavy atom. The molecule has 2 aromatic rings. The van der Waals surface area contributed by atoms with Crippen molar-refractivity contribution in [2.45, 2.75) is 40.2 Å². The maximum atomic E-state index is 12.1. The highest BCUT2D eigenvalue weighted by Crippen LogP contribution is 2.18. The van der Waals surface area contributed by atoms with Gasteiger partial charge in [-0.3, -0.25) is 9.48 Å². The van der Waals surface area contributed by atoms with E-state index in [2.05, 4.69) is 10.4 Å². The molecule has 0 saturated heterocycles. The second-order valence-electron chi connectivity index (χ2n) is 5.43. The molecule has 1 aromatic heterocycles. The Balaban J connectivity index is 1.93. The second kappa shape index (κ2) is 7.11. The van der Waals surface area contributed by atoms with Gasteiger partial charge < -0.3 is 10.1 Å². The van der Waals surface area contributed by atoms with E-state index in [1.54, 1.807) is 0 Å². The Hall–Kier alpha value is -2.30. The summed E-state index contributed by atoms with van der Waals surface area (Å²) in [4.78, 5) is 12.1. The van der Waals surface area contributed by atoms with E-state index < -0.39 is 0 Å². The Kier molecular flexibility index (Phi) is 5.20. The number of nitrogens with one attached hydrogen (secondary N) is 1. The molecule has 1 N–H and O–H groups in total. The van der Waals surface area contributed by atoms with Gasteiger partial charge in [-0.25, -0.2) is 0 Å². The van der Waals surface area contributed by atoms with E-state index in [1.807, 2.05) is 62.7 Å². The van der Waals surface area contributed by atoms with Gasteiger partial charge in [0.05, 0.1) is 18.3 Å². The zero-order valence-corrected chi connectivity index (χ0v) is 13.6. The van der Waals surface area contributed by atoms with Crippen LogP contribution in [-0.2, 0) is 4.79 Å². The van der Waals surface area contributed by atoms with E-state index in [4.69, 9.17) is 4.74 Å². The molecule has 5 heteroatoms. The van der Waals surface area contributed by atoms with Crippen molar-refractivity contribution in [1.82, 2.24) is 9.78 Å². The summed E-state index contributed by atoms with van der Waals surface area (Å²) in [5, 5.41) is 7.33.